The summed E-state index contributed by atoms with van der Waals surface area (Å²) in [4.78, 5) is 56.1. The molecule has 0 radical (unpaired) electrons. The van der Waals surface area contributed by atoms with Gasteiger partial charge >= 0.3 is 5.97 Å². The largest absolute Gasteiger partial charge is 0.480 e. The van der Waals surface area contributed by atoms with Crippen molar-refractivity contribution >= 4 is 29.6 Å². The maximum atomic E-state index is 11.9. The number of primary amides is 1. The molecule has 4 amide bonds. The van der Waals surface area contributed by atoms with Crippen molar-refractivity contribution in [1.29, 1.82) is 0 Å². The van der Waals surface area contributed by atoms with E-state index in [-0.39, 0.29) is 0 Å². The second-order valence-corrected chi connectivity index (χ2v) is 4.86. The van der Waals surface area contributed by atoms with Gasteiger partial charge in [0.05, 0.1) is 19.1 Å². The highest BCUT2D eigenvalue weighted by atomic mass is 16.4. The predicted molar refractivity (Wildman–Crippen MR) is 79.1 cm³/mol. The number of hydrogen-bond donors (Lipinski definition) is 7. The standard InChI is InChI=1S/C12H21N5O7/c1-5(16-11(23)6(13)2-8(14)19)10(22)17-7(4-18)12(24)15-3-9(20)21/h5-7,18H,2-4,13H2,1H3,(H2,14,19)(H,15,24)(H,16,23)(H,17,22)(H,20,21)/t5-,6-,7-/m0/s1. The van der Waals surface area contributed by atoms with E-state index < -0.39 is 67.3 Å². The summed E-state index contributed by atoms with van der Waals surface area (Å²) in [7, 11) is 0. The van der Waals surface area contributed by atoms with Crippen molar-refractivity contribution in [1.82, 2.24) is 16.0 Å². The number of carboxylic acids is 1. The maximum absolute atomic E-state index is 11.9. The molecule has 0 saturated carbocycles. The summed E-state index contributed by atoms with van der Waals surface area (Å²) in [5, 5.41) is 23.9. The average molecular weight is 347 g/mol. The first kappa shape index (κ1) is 21.3. The predicted octanol–water partition coefficient (Wildman–Crippen LogP) is -4.63. The van der Waals surface area contributed by atoms with Crippen LogP contribution in [0.25, 0.3) is 0 Å². The summed E-state index contributed by atoms with van der Waals surface area (Å²) in [5.74, 6) is -4.61. The SMILES string of the molecule is C[C@H](NC(=O)[C@@H](N)CC(N)=O)C(=O)N[C@@H](CO)C(=O)NCC(=O)O. The number of aliphatic hydroxyl groups excluding tert-OH is 1. The molecule has 12 nitrogen and oxygen atoms in total. The third-order valence-electron chi connectivity index (χ3n) is 2.74. The van der Waals surface area contributed by atoms with Gasteiger partial charge in [0.25, 0.3) is 0 Å². The molecule has 24 heavy (non-hydrogen) atoms. The number of rotatable bonds is 10. The molecule has 0 unspecified atom stereocenters. The topological polar surface area (TPSA) is 214 Å². The van der Waals surface area contributed by atoms with Crippen molar-refractivity contribution in [2.45, 2.75) is 31.5 Å². The van der Waals surface area contributed by atoms with E-state index in [1.54, 1.807) is 0 Å². The second-order valence-electron chi connectivity index (χ2n) is 4.86. The number of nitrogens with one attached hydrogen (secondary N) is 3. The van der Waals surface area contributed by atoms with Crippen LogP contribution >= 0.6 is 0 Å². The minimum atomic E-state index is -1.39. The zero-order chi connectivity index (χ0) is 18.9. The van der Waals surface area contributed by atoms with Crippen LogP contribution in [-0.4, -0.2) is 71.1 Å². The number of carbonyl (C=O) groups excluding carboxylic acids is 4. The van der Waals surface area contributed by atoms with Gasteiger partial charge in [0, 0.05) is 0 Å². The van der Waals surface area contributed by atoms with E-state index in [0.29, 0.717) is 0 Å². The number of nitrogens with two attached hydrogens (primary N) is 2. The van der Waals surface area contributed by atoms with Gasteiger partial charge in [-0.1, -0.05) is 0 Å². The van der Waals surface area contributed by atoms with Crippen LogP contribution < -0.4 is 27.4 Å². The normalized spacial score (nSPS) is 14.0. The molecule has 0 aromatic carbocycles. The third-order valence-corrected chi connectivity index (χ3v) is 2.74. The molecule has 0 fully saturated rings. The Morgan fingerprint density at radius 2 is 1.62 bits per heavy atom. The second kappa shape index (κ2) is 10.1. The number of amides is 4. The van der Waals surface area contributed by atoms with Crippen molar-refractivity contribution in [3.05, 3.63) is 0 Å². The Kier molecular flexibility index (Phi) is 8.97. The highest BCUT2D eigenvalue weighted by Gasteiger charge is 2.25. The fraction of sp³-hybridized carbons (Fsp3) is 0.583. The molecule has 0 aromatic heterocycles. The molecule has 0 aliphatic rings. The van der Waals surface area contributed by atoms with Crippen molar-refractivity contribution in [3.8, 4) is 0 Å². The van der Waals surface area contributed by atoms with Gasteiger partial charge in [-0.3, -0.25) is 24.0 Å². The average Bonchev–Trinajstić information content (AvgIpc) is 2.48. The molecule has 136 valence electrons. The van der Waals surface area contributed by atoms with Crippen LogP contribution in [0.5, 0.6) is 0 Å². The van der Waals surface area contributed by atoms with E-state index in [1.165, 1.54) is 6.92 Å². The summed E-state index contributed by atoms with van der Waals surface area (Å²) in [6.07, 6.45) is -0.406. The Morgan fingerprint density at radius 1 is 1.04 bits per heavy atom. The van der Waals surface area contributed by atoms with E-state index in [1.807, 2.05) is 5.32 Å². The van der Waals surface area contributed by atoms with Crippen molar-refractivity contribution in [2.24, 2.45) is 11.5 Å². The molecule has 0 aromatic rings. The van der Waals surface area contributed by atoms with Gasteiger partial charge < -0.3 is 37.6 Å². The minimum absolute atomic E-state index is 0.406. The monoisotopic (exact) mass is 347 g/mol. The van der Waals surface area contributed by atoms with Crippen LogP contribution in [0.15, 0.2) is 0 Å². The third kappa shape index (κ3) is 8.05. The molecular weight excluding hydrogens is 326 g/mol. The van der Waals surface area contributed by atoms with Crippen molar-refractivity contribution < 1.29 is 34.2 Å². The number of hydrogen-bond acceptors (Lipinski definition) is 7. The van der Waals surface area contributed by atoms with Gasteiger partial charge in [-0.05, 0) is 6.92 Å². The molecule has 0 saturated heterocycles. The zero-order valence-electron chi connectivity index (χ0n) is 12.9. The first-order valence-electron chi connectivity index (χ1n) is 6.83. The smallest absolute Gasteiger partial charge is 0.322 e. The number of carbonyl (C=O) groups is 5. The molecule has 0 rings (SSSR count). The number of carboxylic acid groups (broad SMARTS) is 1. The summed E-state index contributed by atoms with van der Waals surface area (Å²) in [6.45, 7) is -0.174. The van der Waals surface area contributed by atoms with Gasteiger partial charge in [0.15, 0.2) is 0 Å². The van der Waals surface area contributed by atoms with Gasteiger partial charge in [0.2, 0.25) is 23.6 Å². The van der Waals surface area contributed by atoms with E-state index in [4.69, 9.17) is 21.7 Å². The zero-order valence-corrected chi connectivity index (χ0v) is 12.9. The Balaban J connectivity index is 4.55. The molecule has 0 bridgehead atoms. The van der Waals surface area contributed by atoms with Crippen LogP contribution in [0.3, 0.4) is 0 Å². The summed E-state index contributed by atoms with van der Waals surface area (Å²) in [5.41, 5.74) is 10.3. The van der Waals surface area contributed by atoms with Crippen LogP contribution in [0.1, 0.15) is 13.3 Å². The van der Waals surface area contributed by atoms with Crippen molar-refractivity contribution in [3.63, 3.8) is 0 Å². The number of aliphatic carboxylic acids is 1. The molecule has 0 aliphatic heterocycles. The van der Waals surface area contributed by atoms with Crippen LogP contribution in [0.4, 0.5) is 0 Å². The van der Waals surface area contributed by atoms with Crippen molar-refractivity contribution in [2.75, 3.05) is 13.2 Å². The van der Waals surface area contributed by atoms with E-state index in [9.17, 15) is 24.0 Å². The molecule has 0 spiro atoms. The lowest BCUT2D eigenvalue weighted by Gasteiger charge is -2.20. The van der Waals surface area contributed by atoms with Crippen LogP contribution in [-0.2, 0) is 24.0 Å². The van der Waals surface area contributed by atoms with Crippen LogP contribution in [0, 0.1) is 0 Å². The molecule has 0 heterocycles. The number of aliphatic hydroxyl groups is 1. The molecule has 0 aliphatic carbocycles. The first-order chi connectivity index (χ1) is 11.1. The molecule has 12 heteroatoms. The highest BCUT2D eigenvalue weighted by molar-refractivity contribution is 5.94. The van der Waals surface area contributed by atoms with E-state index in [0.717, 1.165) is 0 Å². The summed E-state index contributed by atoms with van der Waals surface area (Å²) < 4.78 is 0. The van der Waals surface area contributed by atoms with Gasteiger partial charge in [0.1, 0.15) is 18.6 Å². The molecular formula is C12H21N5O7. The minimum Gasteiger partial charge on any atom is -0.480 e. The Hall–Kier alpha value is -2.73. The van der Waals surface area contributed by atoms with Gasteiger partial charge in [-0.2, -0.15) is 0 Å². The lowest BCUT2D eigenvalue weighted by molar-refractivity contribution is -0.138. The first-order valence-corrected chi connectivity index (χ1v) is 6.83. The van der Waals surface area contributed by atoms with Gasteiger partial charge in [-0.15, -0.1) is 0 Å². The quantitative estimate of drug-likeness (QED) is 0.203. The van der Waals surface area contributed by atoms with Crippen LogP contribution in [0.2, 0.25) is 0 Å². The summed E-state index contributed by atoms with van der Waals surface area (Å²) in [6, 6.07) is -3.75. The maximum Gasteiger partial charge on any atom is 0.322 e. The Morgan fingerprint density at radius 3 is 2.08 bits per heavy atom. The van der Waals surface area contributed by atoms with Gasteiger partial charge in [-0.25, -0.2) is 0 Å². The molecule has 9 N–H and O–H groups in total. The lowest BCUT2D eigenvalue weighted by Crippen LogP contribution is -2.56. The lowest BCUT2D eigenvalue weighted by atomic mass is 10.1. The Labute approximate surface area is 136 Å². The summed E-state index contributed by atoms with van der Waals surface area (Å²) >= 11 is 0. The fourth-order valence-corrected chi connectivity index (χ4v) is 1.47. The highest BCUT2D eigenvalue weighted by Crippen LogP contribution is 1.92. The Bertz CT molecular complexity index is 510. The van der Waals surface area contributed by atoms with E-state index in [2.05, 4.69) is 10.6 Å². The fourth-order valence-electron chi connectivity index (χ4n) is 1.47. The van der Waals surface area contributed by atoms with E-state index >= 15 is 0 Å². The molecule has 3 atom stereocenters.